The zero-order valence-corrected chi connectivity index (χ0v) is 16.8. The van der Waals surface area contributed by atoms with Crippen LogP contribution in [0, 0.1) is 5.92 Å². The molecule has 0 fully saturated rings. The first kappa shape index (κ1) is 19.9. The number of amides is 1. The molecule has 1 atom stereocenters. The minimum Gasteiger partial charge on any atom is -0.493 e. The molecule has 0 saturated carbocycles. The van der Waals surface area contributed by atoms with Crippen molar-refractivity contribution in [2.24, 2.45) is 5.92 Å². The average Bonchev–Trinajstić information content (AvgIpc) is 2.71. The molecule has 0 bridgehead atoms. The lowest BCUT2D eigenvalue weighted by atomic mass is 9.95. The predicted octanol–water partition coefficient (Wildman–Crippen LogP) is 3.53. The minimum atomic E-state index is -0.122. The zero-order valence-electron chi connectivity index (χ0n) is 16.8. The summed E-state index contributed by atoms with van der Waals surface area (Å²) in [6.07, 6.45) is 0.258. The molecule has 2 aromatic carbocycles. The summed E-state index contributed by atoms with van der Waals surface area (Å²) < 4.78 is 21.8. The minimum absolute atomic E-state index is 0.0548. The third kappa shape index (κ3) is 4.50. The van der Waals surface area contributed by atoms with Crippen LogP contribution in [0.15, 0.2) is 36.4 Å². The zero-order chi connectivity index (χ0) is 20.1. The Kier molecular flexibility index (Phi) is 6.29. The van der Waals surface area contributed by atoms with Crippen molar-refractivity contribution in [3.63, 3.8) is 0 Å². The Bertz CT molecular complexity index is 834. The molecule has 0 saturated heterocycles. The number of nitrogens with one attached hydrogen (secondary N) is 1. The normalized spacial score (nSPS) is 13.8. The van der Waals surface area contributed by atoms with Crippen LogP contribution in [0.5, 0.6) is 23.0 Å². The molecular weight excluding hydrogens is 358 g/mol. The fourth-order valence-electron chi connectivity index (χ4n) is 3.29. The first-order valence-electron chi connectivity index (χ1n) is 9.41. The molecule has 28 heavy (non-hydrogen) atoms. The highest BCUT2D eigenvalue weighted by molar-refractivity contribution is 5.79. The van der Waals surface area contributed by atoms with E-state index in [1.54, 1.807) is 14.2 Å². The van der Waals surface area contributed by atoms with E-state index >= 15 is 0 Å². The van der Waals surface area contributed by atoms with Gasteiger partial charge in [0.2, 0.25) is 5.91 Å². The molecule has 3 rings (SSSR count). The highest BCUT2D eigenvalue weighted by Crippen LogP contribution is 2.34. The van der Waals surface area contributed by atoms with E-state index in [-0.39, 0.29) is 24.3 Å². The van der Waals surface area contributed by atoms with Gasteiger partial charge in [-0.25, -0.2) is 0 Å². The molecule has 2 aromatic rings. The summed E-state index contributed by atoms with van der Waals surface area (Å²) in [5.74, 6) is 2.89. The summed E-state index contributed by atoms with van der Waals surface area (Å²) in [5.41, 5.74) is 1.86. The van der Waals surface area contributed by atoms with Crippen LogP contribution in [0.3, 0.4) is 0 Å². The van der Waals surface area contributed by atoms with Crippen molar-refractivity contribution in [2.75, 3.05) is 27.4 Å². The van der Waals surface area contributed by atoms with Crippen LogP contribution in [-0.4, -0.2) is 33.3 Å². The van der Waals surface area contributed by atoms with Gasteiger partial charge < -0.3 is 24.3 Å². The molecule has 150 valence electrons. The quantitative estimate of drug-likeness (QED) is 0.790. The molecular formula is C22H27NO5. The van der Waals surface area contributed by atoms with Crippen molar-refractivity contribution in [3.8, 4) is 23.0 Å². The van der Waals surface area contributed by atoms with Crippen LogP contribution in [0.2, 0.25) is 0 Å². The summed E-state index contributed by atoms with van der Waals surface area (Å²) in [5, 5.41) is 3.15. The number of hydrogen-bond acceptors (Lipinski definition) is 5. The number of carbonyl (C=O) groups excluding carboxylic acids is 1. The number of ether oxygens (including phenoxy) is 4. The van der Waals surface area contributed by atoms with Gasteiger partial charge in [0.1, 0.15) is 13.2 Å². The fraction of sp³-hybridized carbons (Fsp3) is 0.409. The van der Waals surface area contributed by atoms with Gasteiger partial charge in [-0.15, -0.1) is 0 Å². The fourth-order valence-corrected chi connectivity index (χ4v) is 3.29. The van der Waals surface area contributed by atoms with Crippen LogP contribution in [0.4, 0.5) is 0 Å². The Morgan fingerprint density at radius 2 is 1.71 bits per heavy atom. The van der Waals surface area contributed by atoms with Crippen LogP contribution in [0.25, 0.3) is 0 Å². The maximum atomic E-state index is 12.7. The van der Waals surface area contributed by atoms with E-state index in [0.29, 0.717) is 24.7 Å². The van der Waals surface area contributed by atoms with Gasteiger partial charge in [0.15, 0.2) is 23.0 Å². The van der Waals surface area contributed by atoms with Crippen molar-refractivity contribution in [1.29, 1.82) is 0 Å². The molecule has 1 N–H and O–H groups in total. The largest absolute Gasteiger partial charge is 0.493 e. The van der Waals surface area contributed by atoms with Crippen molar-refractivity contribution in [2.45, 2.75) is 26.3 Å². The number of rotatable bonds is 7. The molecule has 0 aliphatic carbocycles. The highest BCUT2D eigenvalue weighted by atomic mass is 16.6. The number of methoxy groups -OCH3 is 2. The maximum Gasteiger partial charge on any atom is 0.224 e. The van der Waals surface area contributed by atoms with E-state index in [2.05, 4.69) is 19.2 Å². The standard InChI is InChI=1S/C22H27NO5/c1-14(2)22(16-6-8-18-20(13-16)28-10-9-27-18)23-21(24)12-15-5-7-17(25-3)19(11-15)26-4/h5-8,11,13-14,22H,9-10,12H2,1-4H3,(H,23,24)/t22-/m1/s1. The van der Waals surface area contributed by atoms with Gasteiger partial charge >= 0.3 is 0 Å². The maximum absolute atomic E-state index is 12.7. The van der Waals surface area contributed by atoms with Gasteiger partial charge in [-0.1, -0.05) is 26.0 Å². The monoisotopic (exact) mass is 385 g/mol. The number of hydrogen-bond donors (Lipinski definition) is 1. The Labute approximate surface area is 165 Å². The molecule has 1 aliphatic rings. The summed E-state index contributed by atoms with van der Waals surface area (Å²) in [6, 6.07) is 11.2. The van der Waals surface area contributed by atoms with E-state index < -0.39 is 0 Å². The first-order chi connectivity index (χ1) is 13.5. The molecule has 0 spiro atoms. The molecule has 0 aromatic heterocycles. The average molecular weight is 385 g/mol. The predicted molar refractivity (Wildman–Crippen MR) is 106 cm³/mol. The van der Waals surface area contributed by atoms with Crippen molar-refractivity contribution in [1.82, 2.24) is 5.32 Å². The lowest BCUT2D eigenvalue weighted by Crippen LogP contribution is -2.33. The second kappa shape index (κ2) is 8.87. The Morgan fingerprint density at radius 3 is 2.39 bits per heavy atom. The third-order valence-electron chi connectivity index (χ3n) is 4.72. The van der Waals surface area contributed by atoms with E-state index in [4.69, 9.17) is 18.9 Å². The Balaban J connectivity index is 1.73. The summed E-state index contributed by atoms with van der Waals surface area (Å²) >= 11 is 0. The second-order valence-electron chi connectivity index (χ2n) is 7.06. The third-order valence-corrected chi connectivity index (χ3v) is 4.72. The summed E-state index contributed by atoms with van der Waals surface area (Å²) in [7, 11) is 3.17. The molecule has 0 radical (unpaired) electrons. The number of carbonyl (C=O) groups is 1. The highest BCUT2D eigenvalue weighted by Gasteiger charge is 2.21. The molecule has 6 nitrogen and oxygen atoms in total. The number of fused-ring (bicyclic) bond motifs is 1. The summed E-state index contributed by atoms with van der Waals surface area (Å²) in [6.45, 7) is 5.26. The Hall–Kier alpha value is -2.89. The van der Waals surface area contributed by atoms with Crippen LogP contribution in [0.1, 0.15) is 31.0 Å². The molecule has 6 heteroatoms. The van der Waals surface area contributed by atoms with Gasteiger partial charge in [-0.2, -0.15) is 0 Å². The van der Waals surface area contributed by atoms with Crippen LogP contribution >= 0.6 is 0 Å². The lowest BCUT2D eigenvalue weighted by molar-refractivity contribution is -0.121. The van der Waals surface area contributed by atoms with E-state index in [0.717, 1.165) is 22.6 Å². The van der Waals surface area contributed by atoms with Gasteiger partial charge in [-0.3, -0.25) is 4.79 Å². The SMILES string of the molecule is COc1ccc(CC(=O)N[C@@H](c2ccc3c(c2)OCCO3)C(C)C)cc1OC. The molecule has 1 aliphatic heterocycles. The topological polar surface area (TPSA) is 66.0 Å². The molecule has 1 heterocycles. The van der Waals surface area contributed by atoms with Gasteiger partial charge in [0.05, 0.1) is 26.7 Å². The first-order valence-corrected chi connectivity index (χ1v) is 9.41. The second-order valence-corrected chi connectivity index (χ2v) is 7.06. The van der Waals surface area contributed by atoms with Gasteiger partial charge in [-0.05, 0) is 41.3 Å². The van der Waals surface area contributed by atoms with Crippen LogP contribution in [-0.2, 0) is 11.2 Å². The lowest BCUT2D eigenvalue weighted by Gasteiger charge is -2.25. The van der Waals surface area contributed by atoms with E-state index in [1.165, 1.54) is 0 Å². The van der Waals surface area contributed by atoms with Crippen LogP contribution < -0.4 is 24.3 Å². The van der Waals surface area contributed by atoms with Crippen molar-refractivity contribution >= 4 is 5.91 Å². The van der Waals surface area contributed by atoms with Gasteiger partial charge in [0, 0.05) is 0 Å². The van der Waals surface area contributed by atoms with Gasteiger partial charge in [0.25, 0.3) is 0 Å². The summed E-state index contributed by atoms with van der Waals surface area (Å²) in [4.78, 5) is 12.7. The Morgan fingerprint density at radius 1 is 1.00 bits per heavy atom. The van der Waals surface area contributed by atoms with Crippen molar-refractivity contribution < 1.29 is 23.7 Å². The molecule has 0 unspecified atom stereocenters. The van der Waals surface area contributed by atoms with E-state index in [9.17, 15) is 4.79 Å². The smallest absolute Gasteiger partial charge is 0.224 e. The number of benzene rings is 2. The van der Waals surface area contributed by atoms with E-state index in [1.807, 2.05) is 36.4 Å². The molecule has 1 amide bonds. The van der Waals surface area contributed by atoms with Crippen molar-refractivity contribution in [3.05, 3.63) is 47.5 Å².